The molecule has 1 unspecified atom stereocenters. The first-order valence-corrected chi connectivity index (χ1v) is 5.02. The molecule has 7 nitrogen and oxygen atoms in total. The highest BCUT2D eigenvalue weighted by atomic mass is 35.5. The van der Waals surface area contributed by atoms with Gasteiger partial charge in [0, 0.05) is 14.1 Å². The second-order valence-electron chi connectivity index (χ2n) is 2.98. The lowest BCUT2D eigenvalue weighted by Crippen LogP contribution is -2.35. The minimum Gasteiger partial charge on any atom is -0.357 e. The number of rotatable bonds is 4. The van der Waals surface area contributed by atoms with Crippen LogP contribution in [0.2, 0.25) is 5.28 Å². The molecule has 88 valence electrons. The Bertz CT molecular complexity index is 385. The third-order valence-electron chi connectivity index (χ3n) is 1.82. The molecule has 1 aromatic rings. The van der Waals surface area contributed by atoms with E-state index in [1.807, 2.05) is 0 Å². The van der Waals surface area contributed by atoms with Gasteiger partial charge in [-0.25, -0.2) is 0 Å². The molecule has 3 N–H and O–H groups in total. The normalized spacial score (nSPS) is 11.8. The highest BCUT2D eigenvalue weighted by molar-refractivity contribution is 6.28. The summed E-state index contributed by atoms with van der Waals surface area (Å²) in [6.45, 7) is 1.69. The van der Waals surface area contributed by atoms with Crippen LogP contribution in [0.3, 0.4) is 0 Å². The van der Waals surface area contributed by atoms with Crippen molar-refractivity contribution < 1.29 is 4.79 Å². The fraction of sp³-hybridized carbons (Fsp3) is 0.500. The lowest BCUT2D eigenvalue weighted by molar-refractivity contribution is -0.121. The summed E-state index contributed by atoms with van der Waals surface area (Å²) < 4.78 is 0. The van der Waals surface area contributed by atoms with Crippen LogP contribution in [0, 0.1) is 0 Å². The van der Waals surface area contributed by atoms with Gasteiger partial charge in [0.05, 0.1) is 0 Å². The zero-order valence-electron chi connectivity index (χ0n) is 9.21. The van der Waals surface area contributed by atoms with Gasteiger partial charge in [0.25, 0.3) is 0 Å². The van der Waals surface area contributed by atoms with Crippen molar-refractivity contribution in [2.75, 3.05) is 24.7 Å². The molecule has 1 atom stereocenters. The molecule has 1 aromatic heterocycles. The largest absolute Gasteiger partial charge is 0.357 e. The van der Waals surface area contributed by atoms with Gasteiger partial charge in [-0.1, -0.05) is 0 Å². The first-order chi connectivity index (χ1) is 7.56. The van der Waals surface area contributed by atoms with E-state index in [-0.39, 0.29) is 17.1 Å². The van der Waals surface area contributed by atoms with Crippen LogP contribution < -0.4 is 16.0 Å². The van der Waals surface area contributed by atoms with Gasteiger partial charge in [-0.2, -0.15) is 15.0 Å². The smallest absolute Gasteiger partial charge is 0.242 e. The van der Waals surface area contributed by atoms with Crippen molar-refractivity contribution in [1.29, 1.82) is 0 Å². The number of likely N-dealkylation sites (N-methyl/N-ethyl adjacent to an activating group) is 1. The Balaban J connectivity index is 2.80. The minimum atomic E-state index is -0.451. The third kappa shape index (κ3) is 3.20. The quantitative estimate of drug-likeness (QED) is 0.697. The highest BCUT2D eigenvalue weighted by Gasteiger charge is 2.13. The Morgan fingerprint density at radius 1 is 1.25 bits per heavy atom. The monoisotopic (exact) mass is 244 g/mol. The molecule has 1 heterocycles. The molecule has 0 spiro atoms. The standard InChI is InChI=1S/C8H13ClN6O/c1-4(5(16)10-2)12-8-14-6(9)13-7(11-3)15-8/h4H,1-3H3,(H,10,16)(H2,11,12,13,14,15). The van der Waals surface area contributed by atoms with Crippen molar-refractivity contribution in [3.63, 3.8) is 0 Å². The van der Waals surface area contributed by atoms with Gasteiger partial charge in [-0.15, -0.1) is 0 Å². The molecule has 0 saturated heterocycles. The van der Waals surface area contributed by atoms with E-state index in [9.17, 15) is 4.79 Å². The number of anilines is 2. The second kappa shape index (κ2) is 5.45. The van der Waals surface area contributed by atoms with Crippen LogP contribution in [0.4, 0.5) is 11.9 Å². The van der Waals surface area contributed by atoms with E-state index >= 15 is 0 Å². The van der Waals surface area contributed by atoms with E-state index in [4.69, 9.17) is 11.6 Å². The van der Waals surface area contributed by atoms with E-state index < -0.39 is 6.04 Å². The number of amides is 1. The molecule has 1 amide bonds. The van der Waals surface area contributed by atoms with E-state index in [1.54, 1.807) is 21.0 Å². The number of hydrogen-bond acceptors (Lipinski definition) is 6. The van der Waals surface area contributed by atoms with Crippen LogP contribution in [0.15, 0.2) is 0 Å². The van der Waals surface area contributed by atoms with Crippen molar-refractivity contribution in [2.45, 2.75) is 13.0 Å². The molecule has 0 aliphatic carbocycles. The predicted molar refractivity (Wildman–Crippen MR) is 61.5 cm³/mol. The summed E-state index contributed by atoms with van der Waals surface area (Å²) >= 11 is 5.68. The van der Waals surface area contributed by atoms with Crippen molar-refractivity contribution in [1.82, 2.24) is 20.3 Å². The molecule has 0 aliphatic heterocycles. The van der Waals surface area contributed by atoms with Gasteiger partial charge in [0.1, 0.15) is 6.04 Å². The Labute approximate surface area is 98.0 Å². The summed E-state index contributed by atoms with van der Waals surface area (Å²) in [6, 6.07) is -0.451. The van der Waals surface area contributed by atoms with Gasteiger partial charge in [-0.05, 0) is 18.5 Å². The number of hydrogen-bond donors (Lipinski definition) is 3. The Hall–Kier alpha value is -1.63. The Morgan fingerprint density at radius 2 is 1.88 bits per heavy atom. The molecule has 16 heavy (non-hydrogen) atoms. The van der Waals surface area contributed by atoms with Crippen LogP contribution in [-0.2, 0) is 4.79 Å². The molecular formula is C8H13ClN6O. The van der Waals surface area contributed by atoms with E-state index in [2.05, 4.69) is 30.9 Å². The summed E-state index contributed by atoms with van der Waals surface area (Å²) in [5, 5.41) is 8.11. The number of nitrogens with one attached hydrogen (secondary N) is 3. The van der Waals surface area contributed by atoms with Crippen LogP contribution in [0.5, 0.6) is 0 Å². The van der Waals surface area contributed by atoms with Gasteiger partial charge in [0.15, 0.2) is 0 Å². The topological polar surface area (TPSA) is 91.8 Å². The van der Waals surface area contributed by atoms with Crippen molar-refractivity contribution in [3.8, 4) is 0 Å². The predicted octanol–water partition coefficient (Wildman–Crippen LogP) is 0.113. The van der Waals surface area contributed by atoms with E-state index in [1.165, 1.54) is 0 Å². The van der Waals surface area contributed by atoms with Gasteiger partial charge >= 0.3 is 0 Å². The lowest BCUT2D eigenvalue weighted by Gasteiger charge is -2.12. The first kappa shape index (κ1) is 12.4. The third-order valence-corrected chi connectivity index (χ3v) is 1.99. The molecule has 0 aromatic carbocycles. The first-order valence-electron chi connectivity index (χ1n) is 4.64. The summed E-state index contributed by atoms with van der Waals surface area (Å²) in [5.74, 6) is 0.426. The van der Waals surface area contributed by atoms with Gasteiger partial charge in [-0.3, -0.25) is 4.79 Å². The van der Waals surface area contributed by atoms with Gasteiger partial charge < -0.3 is 16.0 Å². The number of halogens is 1. The molecule has 0 radical (unpaired) electrons. The maximum Gasteiger partial charge on any atom is 0.242 e. The highest BCUT2D eigenvalue weighted by Crippen LogP contribution is 2.09. The molecule has 0 bridgehead atoms. The molecule has 1 rings (SSSR count). The number of nitrogens with zero attached hydrogens (tertiary/aromatic N) is 3. The Kier molecular flexibility index (Phi) is 4.24. The zero-order valence-corrected chi connectivity index (χ0v) is 9.96. The average molecular weight is 245 g/mol. The SMILES string of the molecule is CNC(=O)C(C)Nc1nc(Cl)nc(NC)n1. The molecular weight excluding hydrogens is 232 g/mol. The molecule has 0 fully saturated rings. The fourth-order valence-corrected chi connectivity index (χ4v) is 1.16. The minimum absolute atomic E-state index is 0.0611. The fourth-order valence-electron chi connectivity index (χ4n) is 1.00. The van der Waals surface area contributed by atoms with Crippen LogP contribution in [0.25, 0.3) is 0 Å². The maximum absolute atomic E-state index is 11.3. The van der Waals surface area contributed by atoms with E-state index in [0.717, 1.165) is 0 Å². The molecule has 8 heteroatoms. The molecule has 0 saturated carbocycles. The van der Waals surface area contributed by atoms with Crippen LogP contribution in [-0.4, -0.2) is 41.0 Å². The summed E-state index contributed by atoms with van der Waals surface area (Å²) in [7, 11) is 3.22. The number of carbonyl (C=O) groups is 1. The van der Waals surface area contributed by atoms with Gasteiger partial charge in [0.2, 0.25) is 23.1 Å². The number of aromatic nitrogens is 3. The second-order valence-corrected chi connectivity index (χ2v) is 3.32. The summed E-state index contributed by atoms with van der Waals surface area (Å²) in [6.07, 6.45) is 0. The average Bonchev–Trinajstić information content (AvgIpc) is 2.26. The lowest BCUT2D eigenvalue weighted by atomic mass is 10.3. The van der Waals surface area contributed by atoms with Crippen LogP contribution in [0.1, 0.15) is 6.92 Å². The van der Waals surface area contributed by atoms with Crippen molar-refractivity contribution >= 4 is 29.4 Å². The Morgan fingerprint density at radius 3 is 2.44 bits per heavy atom. The summed E-state index contributed by atoms with van der Waals surface area (Å²) in [4.78, 5) is 22.9. The number of carbonyl (C=O) groups excluding carboxylic acids is 1. The van der Waals surface area contributed by atoms with Crippen molar-refractivity contribution in [3.05, 3.63) is 5.28 Å². The summed E-state index contributed by atoms with van der Waals surface area (Å²) in [5.41, 5.74) is 0. The molecule has 0 aliphatic rings. The van der Waals surface area contributed by atoms with E-state index in [0.29, 0.717) is 5.95 Å². The van der Waals surface area contributed by atoms with Crippen molar-refractivity contribution in [2.24, 2.45) is 0 Å². The maximum atomic E-state index is 11.3. The van der Waals surface area contributed by atoms with Crippen LogP contribution >= 0.6 is 11.6 Å². The zero-order chi connectivity index (χ0) is 12.1.